The summed E-state index contributed by atoms with van der Waals surface area (Å²) in [5, 5.41) is 2.86. The lowest BCUT2D eigenvalue weighted by molar-refractivity contribution is 0.0950. The van der Waals surface area contributed by atoms with Crippen molar-refractivity contribution >= 4 is 21.6 Å². The van der Waals surface area contributed by atoms with E-state index in [1.54, 1.807) is 59.4 Å². The molecule has 9 heteroatoms. The van der Waals surface area contributed by atoms with Crippen molar-refractivity contribution in [2.75, 3.05) is 19.7 Å². The van der Waals surface area contributed by atoms with Gasteiger partial charge in [-0.1, -0.05) is 12.1 Å². The Balaban J connectivity index is 1.23. The van der Waals surface area contributed by atoms with E-state index in [4.69, 9.17) is 4.74 Å². The fraction of sp³-hybridized carbons (Fsp3) is 0.333. The molecule has 1 aromatic carbocycles. The number of rotatable bonds is 5. The molecule has 0 aliphatic carbocycles. The Hall–Kier alpha value is -2.75. The van der Waals surface area contributed by atoms with Gasteiger partial charge in [-0.25, -0.2) is 13.4 Å². The predicted octanol–water partition coefficient (Wildman–Crippen LogP) is 1.67. The zero-order valence-corrected chi connectivity index (χ0v) is 17.1. The van der Waals surface area contributed by atoms with Gasteiger partial charge in [0.25, 0.3) is 5.91 Å². The van der Waals surface area contributed by atoms with Crippen molar-refractivity contribution in [1.82, 2.24) is 19.0 Å². The van der Waals surface area contributed by atoms with Crippen LogP contribution in [0.15, 0.2) is 59.9 Å². The van der Waals surface area contributed by atoms with Crippen LogP contribution in [0.3, 0.4) is 0 Å². The van der Waals surface area contributed by atoms with Crippen LogP contribution in [0.1, 0.15) is 22.3 Å². The summed E-state index contributed by atoms with van der Waals surface area (Å²) in [4.78, 5) is 16.8. The van der Waals surface area contributed by atoms with Crippen LogP contribution in [0.4, 0.5) is 0 Å². The number of hydrogen-bond donors (Lipinski definition) is 1. The van der Waals surface area contributed by atoms with E-state index >= 15 is 0 Å². The summed E-state index contributed by atoms with van der Waals surface area (Å²) >= 11 is 0. The summed E-state index contributed by atoms with van der Waals surface area (Å²) in [6.07, 6.45) is 6.13. The molecule has 156 valence electrons. The Labute approximate surface area is 174 Å². The Morgan fingerprint density at radius 1 is 1.17 bits per heavy atom. The summed E-state index contributed by atoms with van der Waals surface area (Å²) in [6.45, 7) is 1.97. The van der Waals surface area contributed by atoms with Gasteiger partial charge >= 0.3 is 0 Å². The first-order valence-electron chi connectivity index (χ1n) is 9.92. The van der Waals surface area contributed by atoms with Crippen molar-refractivity contribution < 1.29 is 17.9 Å². The maximum Gasteiger partial charge on any atom is 0.253 e. The number of hydrogen-bond acceptors (Lipinski definition) is 5. The van der Waals surface area contributed by atoms with Gasteiger partial charge in [0.15, 0.2) is 0 Å². The van der Waals surface area contributed by atoms with E-state index in [-0.39, 0.29) is 16.9 Å². The quantitative estimate of drug-likeness (QED) is 0.670. The molecule has 2 unspecified atom stereocenters. The molecule has 2 saturated heterocycles. The van der Waals surface area contributed by atoms with Gasteiger partial charge in [0.05, 0.1) is 16.6 Å². The lowest BCUT2D eigenvalue weighted by Crippen LogP contribution is -2.30. The van der Waals surface area contributed by atoms with E-state index in [1.807, 2.05) is 0 Å². The molecule has 1 amide bonds. The minimum Gasteiger partial charge on any atom is -0.376 e. The fourth-order valence-corrected chi connectivity index (χ4v) is 5.61. The number of carbonyl (C=O) groups excluding carboxylic acids is 1. The third-order valence-electron chi connectivity index (χ3n) is 5.83. The zero-order chi connectivity index (χ0) is 20.7. The van der Waals surface area contributed by atoms with Crippen LogP contribution in [0.25, 0.3) is 5.65 Å². The van der Waals surface area contributed by atoms with Gasteiger partial charge in [-0.3, -0.25) is 4.79 Å². The number of carbonyl (C=O) groups is 1. The molecule has 3 aromatic rings. The maximum absolute atomic E-state index is 12.9. The molecule has 1 N–H and O–H groups in total. The molecule has 30 heavy (non-hydrogen) atoms. The molecule has 0 spiro atoms. The Bertz CT molecular complexity index is 1180. The Kier molecular flexibility index (Phi) is 4.80. The molecule has 0 radical (unpaired) electrons. The molecule has 2 aliphatic heterocycles. The number of pyridine rings is 1. The topological polar surface area (TPSA) is 93.0 Å². The average molecular weight is 426 g/mol. The molecule has 0 bridgehead atoms. The second kappa shape index (κ2) is 7.50. The predicted molar refractivity (Wildman–Crippen MR) is 109 cm³/mol. The molecule has 5 rings (SSSR count). The van der Waals surface area contributed by atoms with Crippen molar-refractivity contribution in [2.24, 2.45) is 5.92 Å². The molecular weight excluding hydrogens is 404 g/mol. The van der Waals surface area contributed by atoms with Gasteiger partial charge in [0, 0.05) is 50.7 Å². The molecular formula is C21H22N4O4S. The van der Waals surface area contributed by atoms with Gasteiger partial charge < -0.3 is 14.5 Å². The SMILES string of the molecule is O=C(NCc1ccc(S(=O)(=O)N2CC3CCOC3C2)cc1)c1ccc2nccn2c1. The molecule has 0 saturated carbocycles. The van der Waals surface area contributed by atoms with Crippen molar-refractivity contribution in [3.63, 3.8) is 0 Å². The van der Waals surface area contributed by atoms with E-state index in [0.717, 1.165) is 24.2 Å². The van der Waals surface area contributed by atoms with Gasteiger partial charge in [-0.15, -0.1) is 0 Å². The summed E-state index contributed by atoms with van der Waals surface area (Å²) < 4.78 is 34.7. The highest BCUT2D eigenvalue weighted by Gasteiger charge is 2.42. The maximum atomic E-state index is 12.9. The van der Waals surface area contributed by atoms with Gasteiger partial charge in [0.2, 0.25) is 10.0 Å². The standard InChI is InChI=1S/C21H22N4O4S/c26-21(17-3-6-20-22-8-9-24(20)12-17)23-11-15-1-4-18(5-2-15)30(27,28)25-13-16-7-10-29-19(16)14-25/h1-6,8-9,12,16,19H,7,10-11,13-14H2,(H,23,26). The highest BCUT2D eigenvalue weighted by atomic mass is 32.2. The number of nitrogens with zero attached hydrogens (tertiary/aromatic N) is 3. The first kappa shape index (κ1) is 19.2. The number of ether oxygens (including phenoxy) is 1. The van der Waals surface area contributed by atoms with Crippen LogP contribution in [0.5, 0.6) is 0 Å². The molecule has 2 atom stereocenters. The first-order chi connectivity index (χ1) is 14.5. The number of sulfonamides is 1. The molecule has 4 heterocycles. The van der Waals surface area contributed by atoms with E-state index < -0.39 is 10.0 Å². The third-order valence-corrected chi connectivity index (χ3v) is 7.68. The zero-order valence-electron chi connectivity index (χ0n) is 16.3. The van der Waals surface area contributed by atoms with Crippen molar-refractivity contribution in [2.45, 2.75) is 24.0 Å². The summed E-state index contributed by atoms with van der Waals surface area (Å²) in [7, 11) is -3.53. The van der Waals surface area contributed by atoms with Crippen LogP contribution in [-0.2, 0) is 21.3 Å². The third kappa shape index (κ3) is 3.49. The minimum atomic E-state index is -3.53. The average Bonchev–Trinajstić information content (AvgIpc) is 3.47. The van der Waals surface area contributed by atoms with Crippen LogP contribution in [0, 0.1) is 5.92 Å². The normalized spacial score (nSPS) is 21.7. The lowest BCUT2D eigenvalue weighted by atomic mass is 10.1. The smallest absolute Gasteiger partial charge is 0.253 e. The summed E-state index contributed by atoms with van der Waals surface area (Å²) in [5.74, 6) is 0.0988. The Morgan fingerprint density at radius 2 is 2.00 bits per heavy atom. The van der Waals surface area contributed by atoms with E-state index in [1.165, 1.54) is 4.31 Å². The molecule has 2 fully saturated rings. The monoisotopic (exact) mass is 426 g/mol. The van der Waals surface area contributed by atoms with Crippen molar-refractivity contribution in [1.29, 1.82) is 0 Å². The number of amides is 1. The van der Waals surface area contributed by atoms with Crippen LogP contribution in [0.2, 0.25) is 0 Å². The van der Waals surface area contributed by atoms with Crippen molar-refractivity contribution in [3.8, 4) is 0 Å². The number of benzene rings is 1. The minimum absolute atomic E-state index is 0.0239. The van der Waals surface area contributed by atoms with Crippen LogP contribution >= 0.6 is 0 Å². The second-order valence-corrected chi connectivity index (χ2v) is 9.66. The highest BCUT2D eigenvalue weighted by Crippen LogP contribution is 2.32. The highest BCUT2D eigenvalue weighted by molar-refractivity contribution is 7.89. The Morgan fingerprint density at radius 3 is 2.80 bits per heavy atom. The van der Waals surface area contributed by atoms with Gasteiger partial charge in [0.1, 0.15) is 5.65 Å². The summed E-state index contributed by atoms with van der Waals surface area (Å²) in [5.41, 5.74) is 2.13. The summed E-state index contributed by atoms with van der Waals surface area (Å²) in [6, 6.07) is 10.2. The number of imidazole rings is 1. The lowest BCUT2D eigenvalue weighted by Gasteiger charge is -2.17. The number of nitrogens with one attached hydrogen (secondary N) is 1. The van der Waals surface area contributed by atoms with Gasteiger partial charge in [-0.05, 0) is 36.2 Å². The largest absolute Gasteiger partial charge is 0.376 e. The molecule has 2 aliphatic rings. The van der Waals surface area contributed by atoms with Crippen LogP contribution in [-0.4, -0.2) is 53.8 Å². The van der Waals surface area contributed by atoms with E-state index in [2.05, 4.69) is 10.3 Å². The van der Waals surface area contributed by atoms with Gasteiger partial charge in [-0.2, -0.15) is 4.31 Å². The molecule has 2 aromatic heterocycles. The van der Waals surface area contributed by atoms with Crippen LogP contribution < -0.4 is 5.32 Å². The molecule has 8 nitrogen and oxygen atoms in total. The first-order valence-corrected chi connectivity index (χ1v) is 11.4. The van der Waals surface area contributed by atoms with E-state index in [0.29, 0.717) is 31.1 Å². The van der Waals surface area contributed by atoms with E-state index in [9.17, 15) is 13.2 Å². The number of aromatic nitrogens is 2. The number of fused-ring (bicyclic) bond motifs is 2. The van der Waals surface area contributed by atoms with Crippen molar-refractivity contribution in [3.05, 3.63) is 66.1 Å². The fourth-order valence-electron chi connectivity index (χ4n) is 4.10. The second-order valence-electron chi connectivity index (χ2n) is 7.72.